The Kier molecular flexibility index (Phi) is 7.30. The molecule has 7 heteroatoms. The molecule has 1 aromatic carbocycles. The number of aryl methyl sites for hydroxylation is 1. The van der Waals surface area contributed by atoms with Crippen molar-refractivity contribution in [3.63, 3.8) is 0 Å². The van der Waals surface area contributed by atoms with Crippen molar-refractivity contribution in [2.45, 2.75) is 39.3 Å². The Morgan fingerprint density at radius 3 is 2.59 bits per heavy atom. The predicted molar refractivity (Wildman–Crippen MR) is 123 cm³/mol. The molecule has 0 saturated carbocycles. The normalized spacial score (nSPS) is 18.1. The summed E-state index contributed by atoms with van der Waals surface area (Å²) in [5, 5.41) is 11.2. The number of carbonyl (C=O) groups is 2. The third kappa shape index (κ3) is 4.99. The Balaban J connectivity index is 2.05. The van der Waals surface area contributed by atoms with E-state index in [1.807, 2.05) is 45.8 Å². The summed E-state index contributed by atoms with van der Waals surface area (Å²) >= 11 is 0. The Hall–Kier alpha value is -3.19. The molecular formula is C25H31N3O4. The van der Waals surface area contributed by atoms with Crippen LogP contribution in [-0.4, -0.2) is 64.9 Å². The summed E-state index contributed by atoms with van der Waals surface area (Å²) in [6.07, 6.45) is 4.00. The number of aliphatic hydroxyl groups is 1. The van der Waals surface area contributed by atoms with Gasteiger partial charge in [-0.25, -0.2) is 0 Å². The summed E-state index contributed by atoms with van der Waals surface area (Å²) in [6, 6.07) is 8.15. The van der Waals surface area contributed by atoms with Crippen LogP contribution < -0.4 is 4.74 Å². The third-order valence-corrected chi connectivity index (χ3v) is 5.36. The Morgan fingerprint density at radius 1 is 1.25 bits per heavy atom. The number of aliphatic hydroxyl groups excluding tert-OH is 1. The number of Topliss-reactive ketones (excluding diaryl/α,β-unsaturated/α-hetero) is 1. The van der Waals surface area contributed by atoms with Crippen LogP contribution in [0.1, 0.15) is 43.0 Å². The van der Waals surface area contributed by atoms with E-state index in [-0.39, 0.29) is 17.4 Å². The highest BCUT2D eigenvalue weighted by Crippen LogP contribution is 2.39. The molecule has 0 radical (unpaired) electrons. The number of pyridine rings is 1. The van der Waals surface area contributed by atoms with Crippen molar-refractivity contribution < 1.29 is 19.4 Å². The fourth-order valence-corrected chi connectivity index (χ4v) is 3.89. The zero-order chi connectivity index (χ0) is 23.4. The van der Waals surface area contributed by atoms with E-state index in [1.165, 1.54) is 4.90 Å². The lowest BCUT2D eigenvalue weighted by Gasteiger charge is -2.25. The first-order valence-corrected chi connectivity index (χ1v) is 10.8. The molecular weight excluding hydrogens is 406 g/mol. The SMILES string of the molecule is Cc1cc(/C(O)=C2\C(=O)C(=O)N(CCCN(C)C)C2c2cccnc2)ccc1OC(C)C. The molecule has 1 N–H and O–H groups in total. The number of aromatic nitrogens is 1. The largest absolute Gasteiger partial charge is 0.507 e. The van der Waals surface area contributed by atoms with Gasteiger partial charge in [0.1, 0.15) is 11.5 Å². The first-order chi connectivity index (χ1) is 15.2. The average Bonchev–Trinajstić information content (AvgIpc) is 2.99. The van der Waals surface area contributed by atoms with E-state index >= 15 is 0 Å². The lowest BCUT2D eigenvalue weighted by molar-refractivity contribution is -0.139. The molecule has 1 fully saturated rings. The molecule has 0 aliphatic carbocycles. The molecule has 7 nitrogen and oxygen atoms in total. The minimum absolute atomic E-state index is 0.0196. The van der Waals surface area contributed by atoms with Crippen molar-refractivity contribution in [3.05, 3.63) is 65.0 Å². The molecule has 1 unspecified atom stereocenters. The number of hydrogen-bond acceptors (Lipinski definition) is 6. The van der Waals surface area contributed by atoms with Gasteiger partial charge in [-0.05, 0) is 83.2 Å². The average molecular weight is 438 g/mol. The van der Waals surface area contributed by atoms with Gasteiger partial charge >= 0.3 is 0 Å². The van der Waals surface area contributed by atoms with Crippen LogP contribution >= 0.6 is 0 Å². The standard InChI is InChI=1S/C25H31N3O4/c1-16(2)32-20-10-9-18(14-17(20)3)23(29)21-22(19-8-6-11-26-15-19)28(25(31)24(21)30)13-7-12-27(4)5/h6,8-11,14-16,22,29H,7,12-13H2,1-5H3/b23-21+. The van der Waals surface area contributed by atoms with Gasteiger partial charge in [-0.15, -0.1) is 0 Å². The number of hydrogen-bond donors (Lipinski definition) is 1. The van der Waals surface area contributed by atoms with Gasteiger partial charge in [-0.2, -0.15) is 0 Å². The monoisotopic (exact) mass is 437 g/mol. The number of benzene rings is 1. The minimum Gasteiger partial charge on any atom is -0.507 e. The third-order valence-electron chi connectivity index (χ3n) is 5.36. The molecule has 1 aliphatic heterocycles. The fraction of sp³-hybridized carbons (Fsp3) is 0.400. The van der Waals surface area contributed by atoms with Crippen LogP contribution in [0.5, 0.6) is 5.75 Å². The van der Waals surface area contributed by atoms with Gasteiger partial charge < -0.3 is 19.6 Å². The van der Waals surface area contributed by atoms with Crippen LogP contribution in [0.3, 0.4) is 0 Å². The molecule has 1 amide bonds. The predicted octanol–water partition coefficient (Wildman–Crippen LogP) is 3.55. The van der Waals surface area contributed by atoms with E-state index in [9.17, 15) is 14.7 Å². The quantitative estimate of drug-likeness (QED) is 0.386. The summed E-state index contributed by atoms with van der Waals surface area (Å²) in [5.74, 6) is -0.756. The molecule has 2 aromatic rings. The summed E-state index contributed by atoms with van der Waals surface area (Å²) in [7, 11) is 3.92. The van der Waals surface area contributed by atoms with Crippen LogP contribution in [-0.2, 0) is 9.59 Å². The van der Waals surface area contributed by atoms with Crippen molar-refractivity contribution in [1.82, 2.24) is 14.8 Å². The molecule has 0 bridgehead atoms. The van der Waals surface area contributed by atoms with Crippen molar-refractivity contribution in [3.8, 4) is 5.75 Å². The summed E-state index contributed by atoms with van der Waals surface area (Å²) < 4.78 is 5.78. The topological polar surface area (TPSA) is 83.0 Å². The number of likely N-dealkylation sites (tertiary alicyclic amines) is 1. The second kappa shape index (κ2) is 9.96. The number of amides is 1. The maximum absolute atomic E-state index is 13.0. The van der Waals surface area contributed by atoms with Crippen molar-refractivity contribution in [1.29, 1.82) is 0 Å². The molecule has 1 saturated heterocycles. The van der Waals surface area contributed by atoms with Crippen molar-refractivity contribution in [2.24, 2.45) is 0 Å². The second-order valence-electron chi connectivity index (χ2n) is 8.58. The smallest absolute Gasteiger partial charge is 0.295 e. The van der Waals surface area contributed by atoms with Gasteiger partial charge in [0.05, 0.1) is 17.7 Å². The van der Waals surface area contributed by atoms with Gasteiger partial charge in [0.25, 0.3) is 11.7 Å². The van der Waals surface area contributed by atoms with Gasteiger partial charge in [-0.3, -0.25) is 14.6 Å². The fourth-order valence-electron chi connectivity index (χ4n) is 3.89. The van der Waals surface area contributed by atoms with Crippen molar-refractivity contribution >= 4 is 17.4 Å². The first kappa shape index (κ1) is 23.5. The van der Waals surface area contributed by atoms with Gasteiger partial charge in [0.2, 0.25) is 0 Å². The molecule has 1 atom stereocenters. The Morgan fingerprint density at radius 2 is 2.00 bits per heavy atom. The van der Waals surface area contributed by atoms with Crippen LogP contribution in [0, 0.1) is 6.92 Å². The molecule has 0 spiro atoms. The number of ether oxygens (including phenoxy) is 1. The van der Waals surface area contributed by atoms with Crippen LogP contribution in [0.4, 0.5) is 0 Å². The molecule has 1 aliphatic rings. The van der Waals surface area contributed by atoms with Crippen LogP contribution in [0.15, 0.2) is 48.3 Å². The summed E-state index contributed by atoms with van der Waals surface area (Å²) in [4.78, 5) is 33.7. The number of carbonyl (C=O) groups excluding carboxylic acids is 2. The van der Waals surface area contributed by atoms with E-state index in [2.05, 4.69) is 4.98 Å². The van der Waals surface area contributed by atoms with Crippen molar-refractivity contribution in [2.75, 3.05) is 27.2 Å². The minimum atomic E-state index is -0.683. The van der Waals surface area contributed by atoms with E-state index in [0.717, 1.165) is 12.1 Å². The highest BCUT2D eigenvalue weighted by molar-refractivity contribution is 6.46. The Bertz CT molecular complexity index is 1020. The lowest BCUT2D eigenvalue weighted by Crippen LogP contribution is -2.32. The van der Waals surface area contributed by atoms with Gasteiger partial charge in [0.15, 0.2) is 0 Å². The zero-order valence-corrected chi connectivity index (χ0v) is 19.3. The molecule has 3 rings (SSSR count). The Labute approximate surface area is 189 Å². The first-order valence-electron chi connectivity index (χ1n) is 10.8. The second-order valence-corrected chi connectivity index (χ2v) is 8.58. The van der Waals surface area contributed by atoms with E-state index < -0.39 is 17.7 Å². The van der Waals surface area contributed by atoms with Crippen LogP contribution in [0.2, 0.25) is 0 Å². The lowest BCUT2D eigenvalue weighted by atomic mass is 9.95. The van der Waals surface area contributed by atoms with Gasteiger partial charge in [-0.1, -0.05) is 6.07 Å². The zero-order valence-electron chi connectivity index (χ0n) is 19.3. The van der Waals surface area contributed by atoms with E-state index in [0.29, 0.717) is 29.8 Å². The maximum Gasteiger partial charge on any atom is 0.295 e. The highest BCUT2D eigenvalue weighted by atomic mass is 16.5. The van der Waals surface area contributed by atoms with Gasteiger partial charge in [0, 0.05) is 24.5 Å². The van der Waals surface area contributed by atoms with E-state index in [1.54, 1.807) is 36.7 Å². The summed E-state index contributed by atoms with van der Waals surface area (Å²) in [5.41, 5.74) is 2.08. The number of rotatable bonds is 8. The molecule has 170 valence electrons. The summed E-state index contributed by atoms with van der Waals surface area (Å²) in [6.45, 7) is 6.95. The van der Waals surface area contributed by atoms with Crippen LogP contribution in [0.25, 0.3) is 5.76 Å². The highest BCUT2D eigenvalue weighted by Gasteiger charge is 2.45. The molecule has 2 heterocycles. The molecule has 1 aromatic heterocycles. The maximum atomic E-state index is 13.0. The molecule has 32 heavy (non-hydrogen) atoms. The number of ketones is 1. The number of nitrogens with zero attached hydrogens (tertiary/aromatic N) is 3. The van der Waals surface area contributed by atoms with E-state index in [4.69, 9.17) is 4.74 Å².